The Kier molecular flexibility index (Phi) is 9.35. The molecule has 4 aromatic carbocycles. The number of benzene rings is 4. The van der Waals surface area contributed by atoms with Gasteiger partial charge in [-0.3, -0.25) is 9.97 Å². The van der Waals surface area contributed by atoms with Crippen molar-refractivity contribution in [1.29, 1.82) is 0 Å². The number of aromatic nitrogens is 4. The topological polar surface area (TPSA) is 43.6 Å². The zero-order chi connectivity index (χ0) is 31.8. The minimum absolute atomic E-state index is 0. The summed E-state index contributed by atoms with van der Waals surface area (Å²) in [7, 11) is -1.23. The van der Waals surface area contributed by atoms with Gasteiger partial charge in [-0.2, -0.15) is 11.3 Å². The van der Waals surface area contributed by atoms with E-state index in [0.717, 1.165) is 39.4 Å². The molecule has 0 saturated carbocycles. The van der Waals surface area contributed by atoms with E-state index in [4.69, 9.17) is 4.98 Å². The number of hydrogen-bond acceptors (Lipinski definition) is 4. The van der Waals surface area contributed by atoms with Gasteiger partial charge in [0.15, 0.2) is 0 Å². The largest absolute Gasteiger partial charge is 0.332 e. The monoisotopic (exact) mass is 823 g/mol. The van der Waals surface area contributed by atoms with E-state index < -0.39 is 8.07 Å². The van der Waals surface area contributed by atoms with E-state index in [1.54, 1.807) is 6.20 Å². The Balaban J connectivity index is 0.000000194. The van der Waals surface area contributed by atoms with Crippen LogP contribution in [-0.4, -0.2) is 27.6 Å². The molecule has 0 fully saturated rings. The van der Waals surface area contributed by atoms with Crippen LogP contribution in [0.25, 0.3) is 59.5 Å². The van der Waals surface area contributed by atoms with E-state index in [-0.39, 0.29) is 20.1 Å². The molecular weight excluding hydrogens is 789 g/mol. The van der Waals surface area contributed by atoms with Gasteiger partial charge in [0.25, 0.3) is 0 Å². The maximum Gasteiger partial charge on any atom is 0.0822 e. The maximum absolute atomic E-state index is 5.03. The fourth-order valence-corrected chi connectivity index (χ4v) is 8.14. The molecule has 4 nitrogen and oxygen atoms in total. The van der Waals surface area contributed by atoms with Gasteiger partial charge in [-0.15, -0.1) is 53.6 Å². The molecule has 0 saturated heterocycles. The van der Waals surface area contributed by atoms with Crippen LogP contribution in [0.5, 0.6) is 0 Å². The van der Waals surface area contributed by atoms with Gasteiger partial charge in [-0.05, 0) is 57.7 Å². The summed E-state index contributed by atoms with van der Waals surface area (Å²) in [4.78, 5) is 13.9. The Bertz CT molecular complexity index is 2310. The second-order valence-corrected chi connectivity index (χ2v) is 18.7. The fraction of sp³-hybridized carbons (Fsp3) is 0.125. The van der Waals surface area contributed by atoms with Gasteiger partial charge in [0.05, 0.1) is 31.1 Å². The summed E-state index contributed by atoms with van der Waals surface area (Å²) in [6, 6.07) is 40.1. The second kappa shape index (κ2) is 13.5. The standard InChI is InChI=1S/C26H18N3S.C14H16NSi.Ir/c1-16-8-10-19-23(14-16)30-25-20(11-9-17(2)24(19)25)26-28-21-12-13-27-15-22(21)29(26)18-6-4-3-5-7-18;1-16(2,3)13-9-10-14(15-11-13)12-7-5-4-6-8-12;/h3-10,12-15H,1-2H3;4-7,9-11H,1-3H3;/q2*-1;. The van der Waals surface area contributed by atoms with Crippen molar-refractivity contribution < 1.29 is 20.1 Å². The van der Waals surface area contributed by atoms with Crippen LogP contribution in [0.1, 0.15) is 11.1 Å². The summed E-state index contributed by atoms with van der Waals surface area (Å²) in [5, 5.41) is 4.00. The third kappa shape index (κ3) is 6.49. The Hall–Kier alpha value is -4.26. The van der Waals surface area contributed by atoms with Crippen molar-refractivity contribution in [2.75, 3.05) is 0 Å². The molecule has 8 aromatic rings. The Morgan fingerprint density at radius 3 is 2.36 bits per heavy atom. The average Bonchev–Trinajstić information content (AvgIpc) is 3.65. The molecule has 4 aromatic heterocycles. The van der Waals surface area contributed by atoms with Crippen molar-refractivity contribution in [3.05, 3.63) is 139 Å². The molecule has 7 heteroatoms. The van der Waals surface area contributed by atoms with E-state index in [2.05, 4.69) is 121 Å². The van der Waals surface area contributed by atoms with Crippen LogP contribution >= 0.6 is 11.3 Å². The number of hydrogen-bond donors (Lipinski definition) is 0. The molecule has 47 heavy (non-hydrogen) atoms. The first-order chi connectivity index (χ1) is 22.3. The predicted octanol–water partition coefficient (Wildman–Crippen LogP) is 9.96. The van der Waals surface area contributed by atoms with Gasteiger partial charge in [0.2, 0.25) is 0 Å². The molecule has 0 atom stereocenters. The average molecular weight is 823 g/mol. The number of pyridine rings is 2. The van der Waals surface area contributed by atoms with E-state index in [9.17, 15) is 0 Å². The van der Waals surface area contributed by atoms with Gasteiger partial charge in [-0.25, -0.2) is 0 Å². The van der Waals surface area contributed by atoms with Crippen LogP contribution in [0.15, 0.2) is 116 Å². The summed E-state index contributed by atoms with van der Waals surface area (Å²) in [5.74, 6) is 0.900. The molecule has 0 aliphatic carbocycles. The maximum atomic E-state index is 5.03. The molecule has 0 spiro atoms. The molecule has 0 amide bonds. The first-order valence-corrected chi connectivity index (χ1v) is 19.8. The molecule has 4 heterocycles. The number of nitrogens with zero attached hydrogens (tertiary/aromatic N) is 4. The number of para-hydroxylation sites is 1. The zero-order valence-electron chi connectivity index (χ0n) is 27.0. The van der Waals surface area contributed by atoms with Crippen molar-refractivity contribution in [3.8, 4) is 28.3 Å². The van der Waals surface area contributed by atoms with Crippen molar-refractivity contribution in [2.24, 2.45) is 0 Å². The zero-order valence-corrected chi connectivity index (χ0v) is 31.2. The van der Waals surface area contributed by atoms with Crippen LogP contribution in [0.4, 0.5) is 0 Å². The SMILES string of the molecule is C[Si](C)(C)c1ccc(-c2[c-]cccc2)nc1.Cc1ccc2c(c1)sc1c(-c3nc4ccncc4n3-c3ccccc3)[c-]cc(C)c12.[Ir]. The molecule has 0 aliphatic rings. The Labute approximate surface area is 294 Å². The van der Waals surface area contributed by atoms with Crippen molar-refractivity contribution in [3.63, 3.8) is 0 Å². The van der Waals surface area contributed by atoms with Gasteiger partial charge in [0, 0.05) is 42.9 Å². The molecule has 0 unspecified atom stereocenters. The molecule has 0 aliphatic heterocycles. The smallest absolute Gasteiger partial charge is 0.0822 e. The molecule has 0 N–H and O–H groups in total. The minimum Gasteiger partial charge on any atom is -0.332 e. The van der Waals surface area contributed by atoms with Crippen molar-refractivity contribution in [2.45, 2.75) is 33.5 Å². The normalized spacial score (nSPS) is 11.3. The van der Waals surface area contributed by atoms with Gasteiger partial charge < -0.3 is 9.55 Å². The number of aryl methyl sites for hydroxylation is 2. The molecule has 235 valence electrons. The third-order valence-electron chi connectivity index (χ3n) is 8.21. The van der Waals surface area contributed by atoms with Crippen LogP contribution in [-0.2, 0) is 20.1 Å². The Morgan fingerprint density at radius 1 is 0.830 bits per heavy atom. The third-order valence-corrected chi connectivity index (χ3v) is 11.4. The van der Waals surface area contributed by atoms with Gasteiger partial charge in [-0.1, -0.05) is 80.0 Å². The van der Waals surface area contributed by atoms with E-state index in [1.807, 2.05) is 60.1 Å². The van der Waals surface area contributed by atoms with Gasteiger partial charge in [0.1, 0.15) is 0 Å². The summed E-state index contributed by atoms with van der Waals surface area (Å²) in [5.41, 5.74) is 8.62. The molecular formula is C40H34IrN4SSi-2. The van der Waals surface area contributed by atoms with Crippen LogP contribution < -0.4 is 5.19 Å². The van der Waals surface area contributed by atoms with Crippen LogP contribution in [0, 0.1) is 26.0 Å². The number of rotatable bonds is 4. The number of fused-ring (bicyclic) bond motifs is 4. The Morgan fingerprint density at radius 2 is 1.64 bits per heavy atom. The van der Waals surface area contributed by atoms with E-state index in [1.165, 1.54) is 36.5 Å². The minimum atomic E-state index is -1.23. The quantitative estimate of drug-likeness (QED) is 0.131. The van der Waals surface area contributed by atoms with Crippen molar-refractivity contribution in [1.82, 2.24) is 19.5 Å². The number of thiophene rings is 1. The first kappa shape index (κ1) is 32.7. The number of imidazole rings is 1. The molecule has 1 radical (unpaired) electrons. The summed E-state index contributed by atoms with van der Waals surface area (Å²) >= 11 is 1.83. The van der Waals surface area contributed by atoms with Gasteiger partial charge >= 0.3 is 0 Å². The van der Waals surface area contributed by atoms with Crippen molar-refractivity contribution >= 4 is 55.8 Å². The molecule has 8 rings (SSSR count). The predicted molar refractivity (Wildman–Crippen MR) is 197 cm³/mol. The second-order valence-electron chi connectivity index (χ2n) is 12.6. The summed E-state index contributed by atoms with van der Waals surface area (Å²) in [6.45, 7) is 11.3. The van der Waals surface area contributed by atoms with Crippen LogP contribution in [0.3, 0.4) is 0 Å². The fourth-order valence-electron chi connectivity index (χ4n) is 5.74. The summed E-state index contributed by atoms with van der Waals surface area (Å²) in [6.07, 6.45) is 5.70. The molecule has 0 bridgehead atoms. The first-order valence-electron chi connectivity index (χ1n) is 15.4. The van der Waals surface area contributed by atoms with E-state index in [0.29, 0.717) is 0 Å². The van der Waals surface area contributed by atoms with E-state index >= 15 is 0 Å². The summed E-state index contributed by atoms with van der Waals surface area (Å²) < 4.78 is 4.73. The van der Waals surface area contributed by atoms with Crippen LogP contribution in [0.2, 0.25) is 19.6 Å².